The second-order valence-corrected chi connectivity index (χ2v) is 7.55. The molecule has 0 spiro atoms. The first-order valence-electron chi connectivity index (χ1n) is 8.34. The maximum atomic E-state index is 12.7. The van der Waals surface area contributed by atoms with Crippen molar-refractivity contribution in [2.45, 2.75) is 24.8 Å². The fourth-order valence-electron chi connectivity index (χ4n) is 2.72. The molecule has 1 aromatic carbocycles. The van der Waals surface area contributed by atoms with E-state index in [2.05, 4.69) is 10.6 Å². The number of amides is 1. The van der Waals surface area contributed by atoms with Crippen LogP contribution in [0.4, 0.5) is 5.69 Å². The van der Waals surface area contributed by atoms with Gasteiger partial charge in [0.2, 0.25) is 10.0 Å². The Kier molecular flexibility index (Phi) is 6.77. The Balaban J connectivity index is 2.28. The van der Waals surface area contributed by atoms with Crippen LogP contribution in [0, 0.1) is 0 Å². The molecule has 0 saturated carbocycles. The van der Waals surface area contributed by atoms with E-state index >= 15 is 0 Å². The number of nitrogens with zero attached hydrogens (tertiary/aromatic N) is 1. The molecule has 0 radical (unpaired) electrons. The number of nitrogens with two attached hydrogens (primary N) is 1. The number of hydrogen-bond acceptors (Lipinski definition) is 6. The number of carbonyl (C=O) groups excluding carboxylic acids is 1. The summed E-state index contributed by atoms with van der Waals surface area (Å²) in [7, 11) is -3.88. The molecule has 1 aromatic rings. The second kappa shape index (κ2) is 8.61. The van der Waals surface area contributed by atoms with Crippen LogP contribution in [0.2, 0.25) is 0 Å². The van der Waals surface area contributed by atoms with Gasteiger partial charge in [-0.15, -0.1) is 0 Å². The van der Waals surface area contributed by atoms with Crippen molar-refractivity contribution in [3.05, 3.63) is 23.8 Å². The van der Waals surface area contributed by atoms with E-state index in [1.807, 2.05) is 18.7 Å². The number of rotatable bonds is 7. The third-order valence-corrected chi connectivity index (χ3v) is 4.93. The Morgan fingerprint density at radius 2 is 2.04 bits per heavy atom. The minimum atomic E-state index is -3.88. The first-order valence-corrected chi connectivity index (χ1v) is 9.88. The summed E-state index contributed by atoms with van der Waals surface area (Å²) in [6.07, 6.45) is 0. The Labute approximate surface area is 148 Å². The molecule has 0 aliphatic carbocycles. The number of benzene rings is 1. The molecule has 4 N–H and O–H groups in total. The zero-order valence-electron chi connectivity index (χ0n) is 14.6. The van der Waals surface area contributed by atoms with Gasteiger partial charge >= 0.3 is 0 Å². The highest BCUT2D eigenvalue weighted by Crippen LogP contribution is 2.24. The van der Waals surface area contributed by atoms with Crippen LogP contribution in [-0.4, -0.2) is 59.8 Å². The number of nitrogens with one attached hydrogen (secondary N) is 2. The van der Waals surface area contributed by atoms with Crippen molar-refractivity contribution in [3.63, 3.8) is 0 Å². The fourth-order valence-corrected chi connectivity index (χ4v) is 3.26. The third kappa shape index (κ3) is 5.40. The quantitative estimate of drug-likeness (QED) is 0.618. The molecule has 1 amide bonds. The molecule has 140 valence electrons. The standard InChI is InChI=1S/C16H26N4O4S/c1-3-18-12(2)11-19-16(21)14-10-13(25(17,22)23)4-5-15(14)20-6-8-24-9-7-20/h4-5,10,12,18H,3,6-9,11H2,1-2H3,(H,19,21)(H2,17,22,23)/t12-/m1/s1. The highest BCUT2D eigenvalue weighted by molar-refractivity contribution is 7.89. The molecule has 0 bridgehead atoms. The Bertz CT molecular complexity index is 702. The topological polar surface area (TPSA) is 114 Å². The van der Waals surface area contributed by atoms with Crippen molar-refractivity contribution in [2.24, 2.45) is 5.14 Å². The van der Waals surface area contributed by atoms with Crippen LogP contribution in [0.1, 0.15) is 24.2 Å². The number of morpholine rings is 1. The molecule has 1 aliphatic rings. The summed E-state index contributed by atoms with van der Waals surface area (Å²) in [6, 6.07) is 4.52. The van der Waals surface area contributed by atoms with Gasteiger partial charge < -0.3 is 20.3 Å². The van der Waals surface area contributed by atoms with Crippen molar-refractivity contribution in [2.75, 3.05) is 44.3 Å². The van der Waals surface area contributed by atoms with Gasteiger partial charge in [-0.05, 0) is 31.7 Å². The average Bonchev–Trinajstić information content (AvgIpc) is 2.59. The molecule has 9 heteroatoms. The largest absolute Gasteiger partial charge is 0.378 e. The SMILES string of the molecule is CCN[C@H](C)CNC(=O)c1cc(S(N)(=O)=O)ccc1N1CCOCC1. The highest BCUT2D eigenvalue weighted by Gasteiger charge is 2.21. The predicted molar refractivity (Wildman–Crippen MR) is 96.3 cm³/mol. The number of ether oxygens (including phenoxy) is 1. The molecule has 1 aliphatic heterocycles. The lowest BCUT2D eigenvalue weighted by Crippen LogP contribution is -2.40. The minimum Gasteiger partial charge on any atom is -0.378 e. The normalized spacial score (nSPS) is 16.5. The van der Waals surface area contributed by atoms with E-state index in [-0.39, 0.29) is 16.8 Å². The van der Waals surface area contributed by atoms with Gasteiger partial charge in [-0.2, -0.15) is 0 Å². The molecule has 1 heterocycles. The van der Waals surface area contributed by atoms with E-state index in [0.29, 0.717) is 44.1 Å². The monoisotopic (exact) mass is 370 g/mol. The van der Waals surface area contributed by atoms with Crippen molar-refractivity contribution in [1.29, 1.82) is 0 Å². The van der Waals surface area contributed by atoms with Gasteiger partial charge in [0.25, 0.3) is 5.91 Å². The van der Waals surface area contributed by atoms with Crippen LogP contribution in [-0.2, 0) is 14.8 Å². The van der Waals surface area contributed by atoms with E-state index in [1.54, 1.807) is 6.07 Å². The van der Waals surface area contributed by atoms with E-state index in [1.165, 1.54) is 12.1 Å². The molecule has 8 nitrogen and oxygen atoms in total. The summed E-state index contributed by atoms with van der Waals surface area (Å²) in [6.45, 7) is 7.61. The number of hydrogen-bond donors (Lipinski definition) is 3. The van der Waals surface area contributed by atoms with E-state index in [4.69, 9.17) is 9.88 Å². The lowest BCUT2D eigenvalue weighted by atomic mass is 10.1. The number of likely N-dealkylation sites (N-methyl/N-ethyl adjacent to an activating group) is 1. The van der Waals surface area contributed by atoms with Gasteiger partial charge in [-0.3, -0.25) is 4.79 Å². The lowest BCUT2D eigenvalue weighted by molar-refractivity contribution is 0.0948. The fraction of sp³-hybridized carbons (Fsp3) is 0.562. The molecule has 0 unspecified atom stereocenters. The van der Waals surface area contributed by atoms with Crippen molar-refractivity contribution in [1.82, 2.24) is 10.6 Å². The van der Waals surface area contributed by atoms with Gasteiger partial charge in [0, 0.05) is 31.4 Å². The molecule has 1 saturated heterocycles. The van der Waals surface area contributed by atoms with Crippen LogP contribution in [0.25, 0.3) is 0 Å². The molecule has 1 atom stereocenters. The number of sulfonamides is 1. The average molecular weight is 370 g/mol. The first-order chi connectivity index (χ1) is 11.8. The smallest absolute Gasteiger partial charge is 0.253 e. The van der Waals surface area contributed by atoms with E-state index in [9.17, 15) is 13.2 Å². The Morgan fingerprint density at radius 1 is 1.36 bits per heavy atom. The maximum Gasteiger partial charge on any atom is 0.253 e. The van der Waals surface area contributed by atoms with Crippen LogP contribution in [0.5, 0.6) is 0 Å². The number of carbonyl (C=O) groups is 1. The molecule has 0 aromatic heterocycles. The van der Waals surface area contributed by atoms with Crippen molar-refractivity contribution in [3.8, 4) is 0 Å². The molecular formula is C16H26N4O4S. The van der Waals surface area contributed by atoms with Gasteiger partial charge in [0.15, 0.2) is 0 Å². The Morgan fingerprint density at radius 3 is 2.64 bits per heavy atom. The number of primary sulfonamides is 1. The highest BCUT2D eigenvalue weighted by atomic mass is 32.2. The van der Waals surface area contributed by atoms with Crippen LogP contribution in [0.3, 0.4) is 0 Å². The summed E-state index contributed by atoms with van der Waals surface area (Å²) in [5, 5.41) is 11.3. The van der Waals surface area contributed by atoms with Crippen LogP contribution in [0.15, 0.2) is 23.1 Å². The molecule has 25 heavy (non-hydrogen) atoms. The maximum absolute atomic E-state index is 12.7. The van der Waals surface area contributed by atoms with Gasteiger partial charge in [-0.1, -0.05) is 6.92 Å². The second-order valence-electron chi connectivity index (χ2n) is 5.99. The van der Waals surface area contributed by atoms with Crippen LogP contribution >= 0.6 is 0 Å². The molecule has 1 fully saturated rings. The summed E-state index contributed by atoms with van der Waals surface area (Å²) in [5.41, 5.74) is 0.987. The van der Waals surface area contributed by atoms with Crippen molar-refractivity contribution >= 4 is 21.6 Å². The van der Waals surface area contributed by atoms with Gasteiger partial charge in [0.1, 0.15) is 0 Å². The molecule has 2 rings (SSSR count). The first kappa shape index (κ1) is 19.6. The number of anilines is 1. The minimum absolute atomic E-state index is 0.0746. The zero-order valence-corrected chi connectivity index (χ0v) is 15.4. The van der Waals surface area contributed by atoms with Crippen LogP contribution < -0.4 is 20.7 Å². The summed E-state index contributed by atoms with van der Waals surface area (Å²) in [4.78, 5) is 14.6. The summed E-state index contributed by atoms with van der Waals surface area (Å²) >= 11 is 0. The zero-order chi connectivity index (χ0) is 18.4. The third-order valence-electron chi connectivity index (χ3n) is 4.01. The van der Waals surface area contributed by atoms with E-state index < -0.39 is 10.0 Å². The lowest BCUT2D eigenvalue weighted by Gasteiger charge is -2.30. The summed E-state index contributed by atoms with van der Waals surface area (Å²) < 4.78 is 28.6. The van der Waals surface area contributed by atoms with E-state index in [0.717, 1.165) is 6.54 Å². The Hall–Kier alpha value is -1.68. The van der Waals surface area contributed by atoms with Gasteiger partial charge in [0.05, 0.1) is 23.7 Å². The summed E-state index contributed by atoms with van der Waals surface area (Å²) in [5.74, 6) is -0.322. The predicted octanol–water partition coefficient (Wildman–Crippen LogP) is -0.102. The van der Waals surface area contributed by atoms with Gasteiger partial charge in [-0.25, -0.2) is 13.6 Å². The molecular weight excluding hydrogens is 344 g/mol. The van der Waals surface area contributed by atoms with Crippen molar-refractivity contribution < 1.29 is 17.9 Å².